The largest absolute Gasteiger partial charge is 0.372 e. The molecule has 0 aliphatic carbocycles. The number of sulfonamides is 1. The van der Waals surface area contributed by atoms with Gasteiger partial charge in [0.1, 0.15) is 0 Å². The molecule has 1 N–H and O–H groups in total. The minimum absolute atomic E-state index is 0.00270. The van der Waals surface area contributed by atoms with Crippen molar-refractivity contribution >= 4 is 15.9 Å². The number of amides is 1. The molecule has 1 fully saturated rings. The van der Waals surface area contributed by atoms with Gasteiger partial charge in [-0.15, -0.1) is 0 Å². The van der Waals surface area contributed by atoms with Gasteiger partial charge in [0, 0.05) is 24.7 Å². The zero-order valence-corrected chi connectivity index (χ0v) is 15.5. The van der Waals surface area contributed by atoms with E-state index in [1.165, 1.54) is 12.1 Å². The van der Waals surface area contributed by atoms with Crippen molar-refractivity contribution in [2.75, 3.05) is 13.1 Å². The lowest BCUT2D eigenvalue weighted by Gasteiger charge is -2.35. The van der Waals surface area contributed by atoms with E-state index in [-0.39, 0.29) is 29.1 Å². The summed E-state index contributed by atoms with van der Waals surface area (Å²) in [5.41, 5.74) is 0.485. The summed E-state index contributed by atoms with van der Waals surface area (Å²) in [6.45, 7) is 8.69. The maximum Gasteiger partial charge on any atom is 0.254 e. The van der Waals surface area contributed by atoms with E-state index < -0.39 is 10.0 Å². The van der Waals surface area contributed by atoms with E-state index in [1.54, 1.807) is 17.0 Å². The summed E-state index contributed by atoms with van der Waals surface area (Å²) < 4.78 is 32.7. The molecule has 0 radical (unpaired) electrons. The number of carbonyl (C=O) groups excluding carboxylic acids is 1. The van der Waals surface area contributed by atoms with Gasteiger partial charge in [0.2, 0.25) is 10.0 Å². The summed E-state index contributed by atoms with van der Waals surface area (Å²) in [5, 5.41) is 0. The maximum atomic E-state index is 12.6. The van der Waals surface area contributed by atoms with Crippen LogP contribution in [0.3, 0.4) is 0 Å². The third kappa shape index (κ3) is 4.55. The Bertz CT molecular complexity index is 662. The van der Waals surface area contributed by atoms with Gasteiger partial charge in [0.05, 0.1) is 17.1 Å². The average molecular weight is 354 g/mol. The van der Waals surface area contributed by atoms with E-state index in [1.807, 2.05) is 27.7 Å². The second-order valence-electron chi connectivity index (χ2n) is 6.42. The zero-order valence-electron chi connectivity index (χ0n) is 14.7. The summed E-state index contributed by atoms with van der Waals surface area (Å²) in [5.74, 6) is -0.101. The monoisotopic (exact) mass is 354 g/mol. The number of rotatable bonds is 5. The molecule has 134 valence electrons. The van der Waals surface area contributed by atoms with Crippen LogP contribution in [0.2, 0.25) is 0 Å². The van der Waals surface area contributed by atoms with Crippen molar-refractivity contribution in [3.8, 4) is 0 Å². The van der Waals surface area contributed by atoms with E-state index >= 15 is 0 Å². The molecule has 3 atom stereocenters. The molecule has 1 aromatic carbocycles. The minimum atomic E-state index is -3.55. The summed E-state index contributed by atoms with van der Waals surface area (Å²) in [7, 11) is -3.55. The van der Waals surface area contributed by atoms with Crippen molar-refractivity contribution < 1.29 is 17.9 Å². The molecule has 1 aromatic rings. The van der Waals surface area contributed by atoms with Crippen molar-refractivity contribution in [2.45, 2.75) is 57.3 Å². The van der Waals surface area contributed by atoms with Crippen LogP contribution in [-0.2, 0) is 14.8 Å². The van der Waals surface area contributed by atoms with Crippen LogP contribution in [0, 0.1) is 0 Å². The molecule has 0 aromatic heterocycles. The molecule has 1 saturated heterocycles. The van der Waals surface area contributed by atoms with Gasteiger partial charge in [0.15, 0.2) is 0 Å². The number of ether oxygens (including phenoxy) is 1. The van der Waals surface area contributed by atoms with Crippen molar-refractivity contribution in [3.05, 3.63) is 29.8 Å². The van der Waals surface area contributed by atoms with Gasteiger partial charge in [0.25, 0.3) is 5.91 Å². The number of hydrogen-bond acceptors (Lipinski definition) is 4. The highest BCUT2D eigenvalue weighted by Gasteiger charge is 2.27. The predicted molar refractivity (Wildman–Crippen MR) is 92.4 cm³/mol. The second kappa shape index (κ2) is 7.63. The first-order valence-corrected chi connectivity index (χ1v) is 9.78. The molecule has 7 heteroatoms. The van der Waals surface area contributed by atoms with Crippen LogP contribution in [-0.4, -0.2) is 50.6 Å². The lowest BCUT2D eigenvalue weighted by atomic mass is 10.1. The first-order chi connectivity index (χ1) is 11.2. The number of morpholine rings is 1. The smallest absolute Gasteiger partial charge is 0.254 e. The van der Waals surface area contributed by atoms with Crippen LogP contribution in [0.4, 0.5) is 0 Å². The summed E-state index contributed by atoms with van der Waals surface area (Å²) in [4.78, 5) is 14.5. The molecule has 0 unspecified atom stereocenters. The van der Waals surface area contributed by atoms with Gasteiger partial charge in [-0.05, 0) is 51.5 Å². The number of nitrogens with one attached hydrogen (secondary N) is 1. The third-order valence-corrected chi connectivity index (χ3v) is 5.69. The van der Waals surface area contributed by atoms with E-state index in [9.17, 15) is 13.2 Å². The van der Waals surface area contributed by atoms with Gasteiger partial charge in [-0.3, -0.25) is 4.79 Å². The lowest BCUT2D eigenvalue weighted by Crippen LogP contribution is -2.48. The zero-order chi connectivity index (χ0) is 17.9. The number of nitrogens with zero attached hydrogens (tertiary/aromatic N) is 1. The fourth-order valence-electron chi connectivity index (χ4n) is 2.72. The highest BCUT2D eigenvalue weighted by atomic mass is 32.2. The molecule has 6 nitrogen and oxygen atoms in total. The van der Waals surface area contributed by atoms with Gasteiger partial charge < -0.3 is 9.64 Å². The van der Waals surface area contributed by atoms with Gasteiger partial charge >= 0.3 is 0 Å². The normalized spacial score (nSPS) is 23.1. The maximum absolute atomic E-state index is 12.6. The van der Waals surface area contributed by atoms with E-state index in [4.69, 9.17) is 4.74 Å². The Kier molecular flexibility index (Phi) is 6.01. The Morgan fingerprint density at radius 3 is 2.29 bits per heavy atom. The van der Waals surface area contributed by atoms with Crippen molar-refractivity contribution in [3.63, 3.8) is 0 Å². The quantitative estimate of drug-likeness (QED) is 0.878. The van der Waals surface area contributed by atoms with Crippen LogP contribution >= 0.6 is 0 Å². The SMILES string of the molecule is CC[C@H](C)NS(=O)(=O)c1ccc(C(=O)N2C[C@@H](C)O[C@H](C)C2)cc1. The molecule has 0 saturated carbocycles. The Hall–Kier alpha value is -1.44. The molecular formula is C17H26N2O4S. The van der Waals surface area contributed by atoms with Crippen LogP contribution in [0.1, 0.15) is 44.5 Å². The number of benzene rings is 1. The molecule has 1 amide bonds. The first-order valence-electron chi connectivity index (χ1n) is 8.30. The Balaban J connectivity index is 2.13. The van der Waals surface area contributed by atoms with Gasteiger partial charge in [-0.2, -0.15) is 0 Å². The third-order valence-electron chi connectivity index (χ3n) is 4.09. The molecule has 1 heterocycles. The predicted octanol–water partition coefficient (Wildman–Crippen LogP) is 2.01. The first kappa shape index (κ1) is 18.9. The molecule has 1 aliphatic rings. The fourth-order valence-corrected chi connectivity index (χ4v) is 4.05. The number of carbonyl (C=O) groups is 1. The standard InChI is InChI=1S/C17H26N2O4S/c1-5-12(2)18-24(21,22)16-8-6-15(7-9-16)17(20)19-10-13(3)23-14(4)11-19/h6-9,12-14,18H,5,10-11H2,1-4H3/t12-,13+,14+/m0/s1. The highest BCUT2D eigenvalue weighted by Crippen LogP contribution is 2.17. The highest BCUT2D eigenvalue weighted by molar-refractivity contribution is 7.89. The second-order valence-corrected chi connectivity index (χ2v) is 8.14. The van der Waals surface area contributed by atoms with Crippen molar-refractivity contribution in [1.82, 2.24) is 9.62 Å². The van der Waals surface area contributed by atoms with Crippen LogP contribution in [0.5, 0.6) is 0 Å². The van der Waals surface area contributed by atoms with Crippen molar-refractivity contribution in [2.24, 2.45) is 0 Å². The molecule has 0 bridgehead atoms. The average Bonchev–Trinajstić information content (AvgIpc) is 2.53. The molecule has 24 heavy (non-hydrogen) atoms. The van der Waals surface area contributed by atoms with Crippen molar-refractivity contribution in [1.29, 1.82) is 0 Å². The van der Waals surface area contributed by atoms with Gasteiger partial charge in [-0.1, -0.05) is 6.92 Å². The van der Waals surface area contributed by atoms with E-state index in [2.05, 4.69) is 4.72 Å². The van der Waals surface area contributed by atoms with E-state index in [0.717, 1.165) is 0 Å². The molecule has 1 aliphatic heterocycles. The molecular weight excluding hydrogens is 328 g/mol. The Morgan fingerprint density at radius 1 is 1.25 bits per heavy atom. The van der Waals surface area contributed by atoms with Crippen LogP contribution in [0.25, 0.3) is 0 Å². The fraction of sp³-hybridized carbons (Fsp3) is 0.588. The van der Waals surface area contributed by atoms with Gasteiger partial charge in [-0.25, -0.2) is 13.1 Å². The Labute approximate surface area is 144 Å². The van der Waals surface area contributed by atoms with Crippen LogP contribution < -0.4 is 4.72 Å². The topological polar surface area (TPSA) is 75.7 Å². The summed E-state index contributed by atoms with van der Waals surface area (Å²) in [6.07, 6.45) is 0.706. The molecule has 0 spiro atoms. The number of hydrogen-bond donors (Lipinski definition) is 1. The summed E-state index contributed by atoms with van der Waals surface area (Å²) >= 11 is 0. The lowest BCUT2D eigenvalue weighted by molar-refractivity contribution is -0.0586. The van der Waals surface area contributed by atoms with E-state index in [0.29, 0.717) is 25.1 Å². The molecule has 2 rings (SSSR count). The Morgan fingerprint density at radius 2 is 1.79 bits per heavy atom. The summed E-state index contributed by atoms with van der Waals surface area (Å²) in [6, 6.07) is 5.96. The van der Waals surface area contributed by atoms with Crippen LogP contribution in [0.15, 0.2) is 29.2 Å². The minimum Gasteiger partial charge on any atom is -0.372 e.